The number of methoxy groups -OCH3 is 2. The Balaban J connectivity index is 2.02. The zero-order valence-corrected chi connectivity index (χ0v) is 17.9. The summed E-state index contributed by atoms with van der Waals surface area (Å²) in [4.78, 5) is 12.2. The first-order chi connectivity index (χ1) is 13.8. The van der Waals surface area contributed by atoms with Gasteiger partial charge in [0.15, 0.2) is 6.61 Å². The van der Waals surface area contributed by atoms with Gasteiger partial charge in [-0.1, -0.05) is 18.5 Å². The molecule has 0 saturated carbocycles. The van der Waals surface area contributed by atoms with Gasteiger partial charge in [0.2, 0.25) is 10.0 Å². The van der Waals surface area contributed by atoms with Crippen molar-refractivity contribution < 1.29 is 27.4 Å². The maximum absolute atomic E-state index is 12.2. The van der Waals surface area contributed by atoms with E-state index in [-0.39, 0.29) is 22.3 Å². The molecule has 0 aromatic heterocycles. The molecule has 2 rings (SSSR count). The summed E-state index contributed by atoms with van der Waals surface area (Å²) in [5.41, 5.74) is 0.455. The lowest BCUT2D eigenvalue weighted by molar-refractivity contribution is -0.118. The molecule has 0 spiro atoms. The highest BCUT2D eigenvalue weighted by Gasteiger charge is 2.16. The van der Waals surface area contributed by atoms with Gasteiger partial charge in [-0.3, -0.25) is 4.79 Å². The number of ether oxygens (including phenoxy) is 3. The fraction of sp³-hybridized carbons (Fsp3) is 0.316. The number of carbonyl (C=O) groups excluding carboxylic acids is 1. The number of sulfonamides is 1. The van der Waals surface area contributed by atoms with Crippen molar-refractivity contribution in [2.45, 2.75) is 18.2 Å². The maximum atomic E-state index is 12.2. The zero-order chi connectivity index (χ0) is 21.4. The molecule has 0 saturated heterocycles. The highest BCUT2D eigenvalue weighted by molar-refractivity contribution is 7.89. The molecular formula is C19H23ClN2O6S. The molecule has 0 fully saturated rings. The third-order valence-electron chi connectivity index (χ3n) is 3.80. The van der Waals surface area contributed by atoms with Crippen molar-refractivity contribution in [3.63, 3.8) is 0 Å². The third kappa shape index (κ3) is 6.25. The van der Waals surface area contributed by atoms with E-state index in [4.69, 9.17) is 25.8 Å². The zero-order valence-electron chi connectivity index (χ0n) is 16.3. The second-order valence-electron chi connectivity index (χ2n) is 5.89. The summed E-state index contributed by atoms with van der Waals surface area (Å²) >= 11 is 6.11. The van der Waals surface area contributed by atoms with Crippen molar-refractivity contribution in [3.05, 3.63) is 41.4 Å². The molecule has 0 radical (unpaired) electrons. The lowest BCUT2D eigenvalue weighted by atomic mass is 10.2. The number of halogens is 1. The Morgan fingerprint density at radius 2 is 1.83 bits per heavy atom. The normalized spacial score (nSPS) is 11.0. The van der Waals surface area contributed by atoms with Gasteiger partial charge in [-0.2, -0.15) is 0 Å². The number of nitrogens with one attached hydrogen (secondary N) is 2. The van der Waals surface area contributed by atoms with Crippen molar-refractivity contribution in [1.82, 2.24) is 4.72 Å². The number of hydrogen-bond donors (Lipinski definition) is 2. The first-order valence-corrected chi connectivity index (χ1v) is 10.6. The minimum atomic E-state index is -3.64. The minimum absolute atomic E-state index is 0.0238. The quantitative estimate of drug-likeness (QED) is 0.586. The molecule has 2 N–H and O–H groups in total. The van der Waals surface area contributed by atoms with E-state index in [1.165, 1.54) is 32.4 Å². The van der Waals surface area contributed by atoms with E-state index >= 15 is 0 Å². The first-order valence-electron chi connectivity index (χ1n) is 8.74. The minimum Gasteiger partial charge on any atom is -0.497 e. The third-order valence-corrected chi connectivity index (χ3v) is 5.55. The molecule has 0 heterocycles. The van der Waals surface area contributed by atoms with Crippen LogP contribution in [0.15, 0.2) is 41.3 Å². The van der Waals surface area contributed by atoms with Gasteiger partial charge in [0, 0.05) is 12.6 Å². The molecule has 2 aromatic carbocycles. The monoisotopic (exact) mass is 442 g/mol. The molecule has 158 valence electrons. The number of anilines is 1. The Labute approximate surface area is 175 Å². The van der Waals surface area contributed by atoms with Crippen LogP contribution in [0.5, 0.6) is 17.2 Å². The van der Waals surface area contributed by atoms with Gasteiger partial charge in [-0.05, 0) is 36.8 Å². The summed E-state index contributed by atoms with van der Waals surface area (Å²) < 4.78 is 42.5. The molecule has 8 nitrogen and oxygen atoms in total. The standard InChI is InChI=1S/C19H23ClN2O6S/c1-4-9-21-29(24,25)14-6-8-17(15(20)11-14)28-12-19(23)22-16-7-5-13(26-2)10-18(16)27-3/h5-8,10-11,21H,4,9,12H2,1-3H3,(H,22,23). The molecule has 29 heavy (non-hydrogen) atoms. The second kappa shape index (κ2) is 10.3. The van der Waals surface area contributed by atoms with Gasteiger partial charge in [0.05, 0.1) is 29.8 Å². The van der Waals surface area contributed by atoms with Gasteiger partial charge in [-0.25, -0.2) is 13.1 Å². The molecule has 0 bridgehead atoms. The van der Waals surface area contributed by atoms with Crippen molar-refractivity contribution in [2.24, 2.45) is 0 Å². The largest absolute Gasteiger partial charge is 0.497 e. The van der Waals surface area contributed by atoms with E-state index in [1.54, 1.807) is 18.2 Å². The fourth-order valence-electron chi connectivity index (χ4n) is 2.32. The summed E-state index contributed by atoms with van der Waals surface area (Å²) in [6, 6.07) is 9.01. The lowest BCUT2D eigenvalue weighted by Gasteiger charge is -2.13. The van der Waals surface area contributed by atoms with Crippen LogP contribution in [0, 0.1) is 0 Å². The second-order valence-corrected chi connectivity index (χ2v) is 8.07. The van der Waals surface area contributed by atoms with E-state index < -0.39 is 15.9 Å². The molecular weight excluding hydrogens is 420 g/mol. The molecule has 0 aliphatic carbocycles. The molecule has 0 unspecified atom stereocenters. The highest BCUT2D eigenvalue weighted by atomic mass is 35.5. The molecule has 2 aromatic rings. The van der Waals surface area contributed by atoms with Crippen LogP contribution in [0.2, 0.25) is 5.02 Å². The summed E-state index contributed by atoms with van der Waals surface area (Å²) in [6.07, 6.45) is 0.669. The van der Waals surface area contributed by atoms with Crippen LogP contribution in [-0.2, 0) is 14.8 Å². The van der Waals surface area contributed by atoms with E-state index in [0.29, 0.717) is 30.2 Å². The van der Waals surface area contributed by atoms with Gasteiger partial charge < -0.3 is 19.5 Å². The number of carbonyl (C=O) groups is 1. The average Bonchev–Trinajstić information content (AvgIpc) is 2.71. The Bertz CT molecular complexity index is 965. The smallest absolute Gasteiger partial charge is 0.262 e. The first kappa shape index (κ1) is 22.8. The Hall–Kier alpha value is -2.49. The average molecular weight is 443 g/mol. The number of rotatable bonds is 10. The van der Waals surface area contributed by atoms with E-state index in [0.717, 1.165) is 0 Å². The Morgan fingerprint density at radius 3 is 2.45 bits per heavy atom. The molecule has 10 heteroatoms. The van der Waals surface area contributed by atoms with Crippen LogP contribution in [0.4, 0.5) is 5.69 Å². The van der Waals surface area contributed by atoms with Crippen LogP contribution in [0.25, 0.3) is 0 Å². The van der Waals surface area contributed by atoms with Gasteiger partial charge >= 0.3 is 0 Å². The van der Waals surface area contributed by atoms with Crippen molar-refractivity contribution in [2.75, 3.05) is 32.7 Å². The van der Waals surface area contributed by atoms with Crippen LogP contribution in [0.1, 0.15) is 13.3 Å². The van der Waals surface area contributed by atoms with Gasteiger partial charge in [0.25, 0.3) is 5.91 Å². The number of benzene rings is 2. The van der Waals surface area contributed by atoms with Crippen molar-refractivity contribution in [1.29, 1.82) is 0 Å². The predicted octanol–water partition coefficient (Wildman–Crippen LogP) is 3.06. The fourth-order valence-corrected chi connectivity index (χ4v) is 3.78. The molecule has 0 atom stereocenters. The topological polar surface area (TPSA) is 103 Å². The number of amides is 1. The molecule has 0 aliphatic heterocycles. The SMILES string of the molecule is CCCNS(=O)(=O)c1ccc(OCC(=O)Nc2ccc(OC)cc2OC)c(Cl)c1. The summed E-state index contributed by atoms with van der Waals surface area (Å²) in [5, 5.41) is 2.75. The lowest BCUT2D eigenvalue weighted by Crippen LogP contribution is -2.24. The van der Waals surface area contributed by atoms with Gasteiger partial charge in [0.1, 0.15) is 17.2 Å². The van der Waals surface area contributed by atoms with Crippen LogP contribution >= 0.6 is 11.6 Å². The van der Waals surface area contributed by atoms with Crippen LogP contribution < -0.4 is 24.2 Å². The molecule has 1 amide bonds. The Morgan fingerprint density at radius 1 is 1.07 bits per heavy atom. The predicted molar refractivity (Wildman–Crippen MR) is 111 cm³/mol. The van der Waals surface area contributed by atoms with E-state index in [1.807, 2.05) is 6.92 Å². The molecule has 0 aliphatic rings. The number of hydrogen-bond acceptors (Lipinski definition) is 6. The van der Waals surface area contributed by atoms with Gasteiger partial charge in [-0.15, -0.1) is 0 Å². The summed E-state index contributed by atoms with van der Waals surface area (Å²) in [6.45, 7) is 1.86. The van der Waals surface area contributed by atoms with Crippen molar-refractivity contribution in [3.8, 4) is 17.2 Å². The maximum Gasteiger partial charge on any atom is 0.262 e. The van der Waals surface area contributed by atoms with Crippen LogP contribution in [-0.4, -0.2) is 41.7 Å². The highest BCUT2D eigenvalue weighted by Crippen LogP contribution is 2.30. The van der Waals surface area contributed by atoms with E-state index in [9.17, 15) is 13.2 Å². The summed E-state index contributed by atoms with van der Waals surface area (Å²) in [7, 11) is -0.634. The Kier molecular flexibility index (Phi) is 8.12. The van der Waals surface area contributed by atoms with Crippen LogP contribution in [0.3, 0.4) is 0 Å². The van der Waals surface area contributed by atoms with Crippen molar-refractivity contribution >= 4 is 33.2 Å². The van der Waals surface area contributed by atoms with E-state index in [2.05, 4.69) is 10.0 Å². The summed E-state index contributed by atoms with van der Waals surface area (Å²) in [5.74, 6) is 0.778.